The molecule has 1 atom stereocenters. The van der Waals surface area contributed by atoms with Crippen LogP contribution in [0.3, 0.4) is 0 Å². The normalized spacial score (nSPS) is 21.1. The molecule has 4 heteroatoms. The molecule has 3 N–H and O–H groups in total. The average Bonchev–Trinajstić information content (AvgIpc) is 2.70. The summed E-state index contributed by atoms with van der Waals surface area (Å²) in [5.74, 6) is -0.338. The standard InChI is InChI=1S/C15H22N2O2/c1-15(2)7-6-11(9-15)17-13-8-10(14(18)19-3)4-5-12(13)16/h4-5,8,11,17H,6-7,9,16H2,1-3H3. The zero-order chi connectivity index (χ0) is 14.0. The minimum atomic E-state index is -0.338. The Balaban J connectivity index is 2.14. The van der Waals surface area contributed by atoms with Crippen LogP contribution in [0.25, 0.3) is 0 Å². The first-order valence-electron chi connectivity index (χ1n) is 6.66. The van der Waals surface area contributed by atoms with Crippen molar-refractivity contribution in [1.29, 1.82) is 0 Å². The van der Waals surface area contributed by atoms with Crippen LogP contribution >= 0.6 is 0 Å². The molecule has 1 fully saturated rings. The number of ether oxygens (including phenoxy) is 1. The molecule has 0 radical (unpaired) electrons. The first kappa shape index (κ1) is 13.7. The van der Waals surface area contributed by atoms with Crippen molar-refractivity contribution in [2.24, 2.45) is 5.41 Å². The van der Waals surface area contributed by atoms with E-state index >= 15 is 0 Å². The van der Waals surface area contributed by atoms with Crippen molar-refractivity contribution >= 4 is 17.3 Å². The number of hydrogen-bond donors (Lipinski definition) is 2. The third-order valence-corrected chi connectivity index (χ3v) is 3.80. The molecular formula is C15H22N2O2. The van der Waals surface area contributed by atoms with Crippen molar-refractivity contribution in [1.82, 2.24) is 0 Å². The predicted molar refractivity (Wildman–Crippen MR) is 77.2 cm³/mol. The molecule has 1 saturated carbocycles. The Morgan fingerprint density at radius 2 is 2.21 bits per heavy atom. The van der Waals surface area contributed by atoms with Crippen molar-refractivity contribution in [3.8, 4) is 0 Å². The fraction of sp³-hybridized carbons (Fsp3) is 0.533. The predicted octanol–water partition coefficient (Wildman–Crippen LogP) is 3.05. The number of nitrogens with one attached hydrogen (secondary N) is 1. The summed E-state index contributed by atoms with van der Waals surface area (Å²) in [4.78, 5) is 11.5. The number of anilines is 2. The van der Waals surface area contributed by atoms with Crippen LogP contribution in [0, 0.1) is 5.41 Å². The van der Waals surface area contributed by atoms with Crippen molar-refractivity contribution in [2.45, 2.75) is 39.2 Å². The van der Waals surface area contributed by atoms with Crippen molar-refractivity contribution in [3.63, 3.8) is 0 Å². The smallest absolute Gasteiger partial charge is 0.337 e. The Labute approximate surface area is 114 Å². The van der Waals surface area contributed by atoms with Crippen LogP contribution in [0.4, 0.5) is 11.4 Å². The van der Waals surface area contributed by atoms with Crippen LogP contribution in [0.1, 0.15) is 43.5 Å². The van der Waals surface area contributed by atoms with Gasteiger partial charge in [0.15, 0.2) is 0 Å². The lowest BCUT2D eigenvalue weighted by Crippen LogP contribution is -2.18. The van der Waals surface area contributed by atoms with Gasteiger partial charge in [0.1, 0.15) is 0 Å². The number of nitrogen functional groups attached to an aromatic ring is 1. The van der Waals surface area contributed by atoms with Gasteiger partial charge in [-0.3, -0.25) is 0 Å². The van der Waals surface area contributed by atoms with Crippen LogP contribution in [-0.4, -0.2) is 19.1 Å². The number of rotatable bonds is 3. The van der Waals surface area contributed by atoms with Gasteiger partial charge in [0.05, 0.1) is 24.0 Å². The highest BCUT2D eigenvalue weighted by Crippen LogP contribution is 2.38. The summed E-state index contributed by atoms with van der Waals surface area (Å²) < 4.78 is 4.73. The summed E-state index contributed by atoms with van der Waals surface area (Å²) in [5, 5.41) is 3.45. The van der Waals surface area contributed by atoms with E-state index in [0.717, 1.165) is 18.5 Å². The fourth-order valence-electron chi connectivity index (χ4n) is 2.71. The molecule has 0 heterocycles. The molecule has 0 aromatic heterocycles. The van der Waals surface area contributed by atoms with Crippen molar-refractivity contribution in [3.05, 3.63) is 23.8 Å². The van der Waals surface area contributed by atoms with Gasteiger partial charge in [-0.05, 0) is 42.9 Å². The number of carbonyl (C=O) groups excluding carboxylic acids is 1. The van der Waals surface area contributed by atoms with Gasteiger partial charge in [-0.2, -0.15) is 0 Å². The van der Waals surface area contributed by atoms with E-state index in [2.05, 4.69) is 19.2 Å². The number of hydrogen-bond acceptors (Lipinski definition) is 4. The quantitative estimate of drug-likeness (QED) is 0.649. The lowest BCUT2D eigenvalue weighted by molar-refractivity contribution is 0.0601. The number of esters is 1. The number of benzene rings is 1. The van der Waals surface area contributed by atoms with Gasteiger partial charge < -0.3 is 15.8 Å². The molecule has 0 saturated heterocycles. The summed E-state index contributed by atoms with van der Waals surface area (Å²) in [5.41, 5.74) is 8.36. The highest BCUT2D eigenvalue weighted by atomic mass is 16.5. The van der Waals surface area contributed by atoms with Crippen LogP contribution in [0.15, 0.2) is 18.2 Å². The van der Waals surface area contributed by atoms with E-state index in [1.807, 2.05) is 0 Å². The van der Waals surface area contributed by atoms with Crippen molar-refractivity contribution in [2.75, 3.05) is 18.2 Å². The molecule has 0 amide bonds. The zero-order valence-electron chi connectivity index (χ0n) is 11.8. The summed E-state index contributed by atoms with van der Waals surface area (Å²) in [6.07, 6.45) is 3.46. The minimum absolute atomic E-state index is 0.338. The molecule has 19 heavy (non-hydrogen) atoms. The molecule has 0 bridgehead atoms. The van der Waals surface area contributed by atoms with Crippen LogP contribution < -0.4 is 11.1 Å². The van der Waals surface area contributed by atoms with Crippen LogP contribution in [0.2, 0.25) is 0 Å². The molecule has 104 valence electrons. The summed E-state index contributed by atoms with van der Waals surface area (Å²) in [6.45, 7) is 4.56. The van der Waals surface area contributed by atoms with Gasteiger partial charge in [-0.25, -0.2) is 4.79 Å². The van der Waals surface area contributed by atoms with E-state index in [-0.39, 0.29) is 5.97 Å². The minimum Gasteiger partial charge on any atom is -0.465 e. The lowest BCUT2D eigenvalue weighted by Gasteiger charge is -2.19. The Hall–Kier alpha value is -1.71. The first-order chi connectivity index (χ1) is 8.91. The lowest BCUT2D eigenvalue weighted by atomic mass is 9.92. The number of methoxy groups -OCH3 is 1. The number of carbonyl (C=O) groups is 1. The Bertz CT molecular complexity index is 483. The second-order valence-electron chi connectivity index (χ2n) is 6.04. The van der Waals surface area contributed by atoms with Gasteiger partial charge in [0.25, 0.3) is 0 Å². The van der Waals surface area contributed by atoms with E-state index in [0.29, 0.717) is 22.7 Å². The zero-order valence-corrected chi connectivity index (χ0v) is 11.8. The second kappa shape index (κ2) is 5.11. The van der Waals surface area contributed by atoms with Gasteiger partial charge >= 0.3 is 5.97 Å². The van der Waals surface area contributed by atoms with Gasteiger partial charge in [0.2, 0.25) is 0 Å². The van der Waals surface area contributed by atoms with E-state index in [9.17, 15) is 4.79 Å². The summed E-state index contributed by atoms with van der Waals surface area (Å²) in [6, 6.07) is 5.62. The van der Waals surface area contributed by atoms with Gasteiger partial charge in [-0.15, -0.1) is 0 Å². The van der Waals surface area contributed by atoms with Gasteiger partial charge in [0, 0.05) is 6.04 Å². The maximum atomic E-state index is 11.5. The third kappa shape index (κ3) is 3.19. The fourth-order valence-corrected chi connectivity index (χ4v) is 2.71. The SMILES string of the molecule is COC(=O)c1ccc(N)c(NC2CCC(C)(C)C2)c1. The third-order valence-electron chi connectivity index (χ3n) is 3.80. The van der Waals surface area contributed by atoms with E-state index < -0.39 is 0 Å². The van der Waals surface area contributed by atoms with E-state index in [4.69, 9.17) is 10.5 Å². The second-order valence-corrected chi connectivity index (χ2v) is 6.04. The monoisotopic (exact) mass is 262 g/mol. The van der Waals surface area contributed by atoms with Crippen LogP contribution in [-0.2, 0) is 4.74 Å². The van der Waals surface area contributed by atoms with Crippen LogP contribution in [0.5, 0.6) is 0 Å². The maximum absolute atomic E-state index is 11.5. The van der Waals surface area contributed by atoms with Gasteiger partial charge in [-0.1, -0.05) is 13.8 Å². The van der Waals surface area contributed by atoms with E-state index in [1.54, 1.807) is 18.2 Å². The molecule has 4 nitrogen and oxygen atoms in total. The van der Waals surface area contributed by atoms with E-state index in [1.165, 1.54) is 13.5 Å². The highest BCUT2D eigenvalue weighted by Gasteiger charge is 2.31. The molecule has 0 spiro atoms. The molecule has 1 aliphatic rings. The average molecular weight is 262 g/mol. The molecule has 1 aliphatic carbocycles. The molecule has 1 unspecified atom stereocenters. The first-order valence-corrected chi connectivity index (χ1v) is 6.66. The Morgan fingerprint density at radius 1 is 1.47 bits per heavy atom. The maximum Gasteiger partial charge on any atom is 0.337 e. The molecule has 0 aliphatic heterocycles. The number of nitrogens with two attached hydrogens (primary N) is 1. The Morgan fingerprint density at radius 3 is 2.79 bits per heavy atom. The summed E-state index contributed by atoms with van der Waals surface area (Å²) >= 11 is 0. The molecular weight excluding hydrogens is 240 g/mol. The molecule has 1 aromatic carbocycles. The molecule has 2 rings (SSSR count). The Kier molecular flexibility index (Phi) is 3.69. The highest BCUT2D eigenvalue weighted by molar-refractivity contribution is 5.92. The summed E-state index contributed by atoms with van der Waals surface area (Å²) in [7, 11) is 1.38. The largest absolute Gasteiger partial charge is 0.465 e. The molecule has 1 aromatic rings. The topological polar surface area (TPSA) is 64.3 Å². The van der Waals surface area contributed by atoms with Crippen molar-refractivity contribution < 1.29 is 9.53 Å².